The highest BCUT2D eigenvalue weighted by molar-refractivity contribution is 7.17. The second-order valence-corrected chi connectivity index (χ2v) is 8.18. The van der Waals surface area contributed by atoms with E-state index in [-0.39, 0.29) is 11.9 Å². The first-order valence-corrected chi connectivity index (χ1v) is 10.7. The van der Waals surface area contributed by atoms with Gasteiger partial charge in [0.2, 0.25) is 6.41 Å². The third-order valence-electron chi connectivity index (χ3n) is 5.62. The van der Waals surface area contributed by atoms with Crippen LogP contribution in [-0.2, 0) is 17.9 Å². The monoisotopic (exact) mass is 395 g/mol. The summed E-state index contributed by atoms with van der Waals surface area (Å²) in [5.74, 6) is 0.101. The molecule has 0 atom stereocenters. The lowest BCUT2D eigenvalue weighted by Crippen LogP contribution is -2.46. The van der Waals surface area contributed by atoms with Crippen molar-refractivity contribution in [1.82, 2.24) is 14.4 Å². The van der Waals surface area contributed by atoms with Crippen LogP contribution in [0.5, 0.6) is 0 Å². The van der Waals surface area contributed by atoms with Gasteiger partial charge in [0.1, 0.15) is 5.69 Å². The summed E-state index contributed by atoms with van der Waals surface area (Å²) >= 11 is 1.67. The van der Waals surface area contributed by atoms with Crippen molar-refractivity contribution in [3.8, 4) is 0 Å². The highest BCUT2D eigenvalue weighted by atomic mass is 32.1. The van der Waals surface area contributed by atoms with E-state index < -0.39 is 0 Å². The second-order valence-electron chi connectivity index (χ2n) is 7.23. The number of thiophene rings is 1. The van der Waals surface area contributed by atoms with Crippen LogP contribution in [-0.4, -0.2) is 45.8 Å². The van der Waals surface area contributed by atoms with Crippen LogP contribution >= 0.6 is 11.3 Å². The van der Waals surface area contributed by atoms with Crippen LogP contribution in [0.1, 0.15) is 35.8 Å². The molecule has 2 aromatic heterocycles. The maximum atomic E-state index is 13.1. The van der Waals surface area contributed by atoms with E-state index >= 15 is 0 Å². The molecule has 5 nitrogen and oxygen atoms in total. The third kappa shape index (κ3) is 3.56. The average Bonchev–Trinajstić information content (AvgIpc) is 3.33. The zero-order chi connectivity index (χ0) is 19.5. The van der Waals surface area contributed by atoms with Crippen molar-refractivity contribution >= 4 is 33.9 Å². The fourth-order valence-corrected chi connectivity index (χ4v) is 4.93. The third-order valence-corrected chi connectivity index (χ3v) is 6.48. The summed E-state index contributed by atoms with van der Waals surface area (Å²) < 4.78 is 3.27. The number of aromatic nitrogens is 1. The second kappa shape index (κ2) is 8.19. The molecule has 4 rings (SSSR count). The molecule has 1 aliphatic rings. The number of aryl methyl sites for hydroxylation is 1. The van der Waals surface area contributed by atoms with Crippen LogP contribution in [0, 0.1) is 0 Å². The number of piperidine rings is 1. The molecule has 3 heterocycles. The molecule has 146 valence electrons. The Bertz CT molecular complexity index is 955. The molecule has 0 radical (unpaired) electrons. The van der Waals surface area contributed by atoms with Crippen LogP contribution in [0.3, 0.4) is 0 Å². The minimum atomic E-state index is 0.101. The number of rotatable bonds is 6. The van der Waals surface area contributed by atoms with Crippen molar-refractivity contribution < 1.29 is 9.59 Å². The van der Waals surface area contributed by atoms with Gasteiger partial charge in [-0.2, -0.15) is 0 Å². The van der Waals surface area contributed by atoms with Gasteiger partial charge in [-0.05, 0) is 42.8 Å². The van der Waals surface area contributed by atoms with Crippen LogP contribution in [0.25, 0.3) is 10.2 Å². The molecule has 3 aromatic rings. The maximum absolute atomic E-state index is 13.1. The first-order valence-electron chi connectivity index (χ1n) is 9.82. The fourth-order valence-electron chi connectivity index (χ4n) is 4.10. The molecule has 0 unspecified atom stereocenters. The Labute approximate surface area is 169 Å². The summed E-state index contributed by atoms with van der Waals surface area (Å²) in [5, 5.41) is 2.07. The van der Waals surface area contributed by atoms with Crippen molar-refractivity contribution in [1.29, 1.82) is 0 Å². The summed E-state index contributed by atoms with van der Waals surface area (Å²) in [6, 6.07) is 14.3. The Morgan fingerprint density at radius 1 is 1.21 bits per heavy atom. The van der Waals surface area contributed by atoms with Crippen molar-refractivity contribution in [2.45, 2.75) is 38.9 Å². The lowest BCUT2D eigenvalue weighted by atomic mass is 10.0. The molecule has 1 fully saturated rings. The van der Waals surface area contributed by atoms with Gasteiger partial charge in [0, 0.05) is 32.2 Å². The predicted octanol–water partition coefficient (Wildman–Crippen LogP) is 3.99. The number of nitrogens with zero attached hydrogens (tertiary/aromatic N) is 3. The number of fused-ring (bicyclic) bond motifs is 1. The number of likely N-dealkylation sites (tertiary alicyclic amines) is 1. The SMILES string of the molecule is CCn1c(C(=O)N2CCC(N(C=O)Cc3ccccc3)CC2)cc2sccc21. The van der Waals surface area contributed by atoms with Gasteiger partial charge in [-0.15, -0.1) is 11.3 Å². The summed E-state index contributed by atoms with van der Waals surface area (Å²) in [6.07, 6.45) is 2.59. The standard InChI is InChI=1S/C22H25N3O2S/c1-2-25-19-10-13-28-21(19)14-20(25)22(27)23-11-8-18(9-12-23)24(16-26)15-17-6-4-3-5-7-17/h3-7,10,13-14,16,18H,2,8-9,11-12,15H2,1H3. The number of carbonyl (C=O) groups is 2. The summed E-state index contributed by atoms with van der Waals surface area (Å²) in [4.78, 5) is 28.6. The molecule has 28 heavy (non-hydrogen) atoms. The number of hydrogen-bond donors (Lipinski definition) is 0. The lowest BCUT2D eigenvalue weighted by Gasteiger charge is -2.37. The largest absolute Gasteiger partial charge is 0.338 e. The molecule has 0 saturated carbocycles. The molecule has 0 bridgehead atoms. The summed E-state index contributed by atoms with van der Waals surface area (Å²) in [7, 11) is 0. The zero-order valence-electron chi connectivity index (χ0n) is 16.1. The van der Waals surface area contributed by atoms with E-state index in [1.165, 1.54) is 0 Å². The zero-order valence-corrected chi connectivity index (χ0v) is 16.9. The van der Waals surface area contributed by atoms with E-state index in [1.54, 1.807) is 11.3 Å². The first-order chi connectivity index (χ1) is 13.7. The fraction of sp³-hybridized carbons (Fsp3) is 0.364. The number of benzene rings is 1. The molecular weight excluding hydrogens is 370 g/mol. The van der Waals surface area contributed by atoms with E-state index in [0.717, 1.165) is 47.3 Å². The Balaban J connectivity index is 1.42. The van der Waals surface area contributed by atoms with Gasteiger partial charge in [-0.3, -0.25) is 9.59 Å². The van der Waals surface area contributed by atoms with Gasteiger partial charge in [0.15, 0.2) is 0 Å². The topological polar surface area (TPSA) is 45.6 Å². The first kappa shape index (κ1) is 18.7. The lowest BCUT2D eigenvalue weighted by molar-refractivity contribution is -0.121. The van der Waals surface area contributed by atoms with Gasteiger partial charge in [-0.25, -0.2) is 0 Å². The molecule has 2 amide bonds. The van der Waals surface area contributed by atoms with Crippen molar-refractivity contribution in [3.05, 3.63) is 59.1 Å². The Hall–Kier alpha value is -2.60. The number of hydrogen-bond acceptors (Lipinski definition) is 3. The molecular formula is C22H25N3O2S. The Kier molecular flexibility index (Phi) is 5.48. The molecule has 1 saturated heterocycles. The number of amides is 2. The molecule has 1 aliphatic heterocycles. The normalized spacial score (nSPS) is 15.1. The van der Waals surface area contributed by atoms with E-state index in [1.807, 2.05) is 46.2 Å². The van der Waals surface area contributed by atoms with E-state index in [4.69, 9.17) is 0 Å². The van der Waals surface area contributed by atoms with Gasteiger partial charge in [0.25, 0.3) is 5.91 Å². The quantitative estimate of drug-likeness (QED) is 0.593. The van der Waals surface area contributed by atoms with Gasteiger partial charge in [-0.1, -0.05) is 30.3 Å². The van der Waals surface area contributed by atoms with Crippen LogP contribution in [0.15, 0.2) is 47.8 Å². The van der Waals surface area contributed by atoms with Crippen LogP contribution < -0.4 is 0 Å². The minimum Gasteiger partial charge on any atom is -0.338 e. The molecule has 0 N–H and O–H groups in total. The predicted molar refractivity (Wildman–Crippen MR) is 112 cm³/mol. The highest BCUT2D eigenvalue weighted by Crippen LogP contribution is 2.27. The molecule has 1 aromatic carbocycles. The molecule has 6 heteroatoms. The van der Waals surface area contributed by atoms with E-state index in [0.29, 0.717) is 19.6 Å². The Morgan fingerprint density at radius 3 is 2.64 bits per heavy atom. The van der Waals surface area contributed by atoms with Gasteiger partial charge in [0.05, 0.1) is 10.2 Å². The van der Waals surface area contributed by atoms with Crippen LogP contribution in [0.4, 0.5) is 0 Å². The van der Waals surface area contributed by atoms with Gasteiger partial charge < -0.3 is 14.4 Å². The van der Waals surface area contributed by atoms with Gasteiger partial charge >= 0.3 is 0 Å². The Morgan fingerprint density at radius 2 is 1.96 bits per heavy atom. The maximum Gasteiger partial charge on any atom is 0.270 e. The van der Waals surface area contributed by atoms with Crippen LogP contribution in [0.2, 0.25) is 0 Å². The average molecular weight is 396 g/mol. The van der Waals surface area contributed by atoms with E-state index in [9.17, 15) is 9.59 Å². The van der Waals surface area contributed by atoms with Crippen molar-refractivity contribution in [2.24, 2.45) is 0 Å². The van der Waals surface area contributed by atoms with Crippen molar-refractivity contribution in [2.75, 3.05) is 13.1 Å². The molecule has 0 spiro atoms. The number of carbonyl (C=O) groups excluding carboxylic acids is 2. The highest BCUT2D eigenvalue weighted by Gasteiger charge is 2.28. The molecule has 0 aliphatic carbocycles. The smallest absolute Gasteiger partial charge is 0.270 e. The summed E-state index contributed by atoms with van der Waals surface area (Å²) in [5.41, 5.74) is 3.05. The summed E-state index contributed by atoms with van der Waals surface area (Å²) in [6.45, 7) is 4.85. The van der Waals surface area contributed by atoms with E-state index in [2.05, 4.69) is 22.9 Å². The van der Waals surface area contributed by atoms with Crippen molar-refractivity contribution in [3.63, 3.8) is 0 Å². The minimum absolute atomic E-state index is 0.101.